The zero-order valence-corrected chi connectivity index (χ0v) is 10.3. The van der Waals surface area contributed by atoms with E-state index in [0.717, 1.165) is 12.1 Å². The Labute approximate surface area is 108 Å². The second-order valence-electron chi connectivity index (χ2n) is 4.41. The highest BCUT2D eigenvalue weighted by Gasteiger charge is 2.28. The van der Waals surface area contributed by atoms with E-state index in [0.29, 0.717) is 0 Å². The maximum absolute atomic E-state index is 11.3. The third-order valence-electron chi connectivity index (χ3n) is 2.46. The molecule has 0 aliphatic carbocycles. The lowest BCUT2D eigenvalue weighted by Gasteiger charge is -2.23. The molecule has 0 unspecified atom stereocenters. The number of non-ortho nitro benzene ring substituents is 1. The molecule has 0 aliphatic heterocycles. The minimum Gasteiger partial charge on any atom is -0.480 e. The van der Waals surface area contributed by atoms with Crippen molar-refractivity contribution in [2.45, 2.75) is 19.4 Å². The summed E-state index contributed by atoms with van der Waals surface area (Å²) in [6.07, 6.45) is 0. The fourth-order valence-electron chi connectivity index (χ4n) is 1.35. The van der Waals surface area contributed by atoms with Gasteiger partial charge in [-0.1, -0.05) is 0 Å². The van der Waals surface area contributed by atoms with Crippen LogP contribution in [0.3, 0.4) is 0 Å². The monoisotopic (exact) mass is 267 g/mol. The van der Waals surface area contributed by atoms with E-state index in [1.54, 1.807) is 0 Å². The van der Waals surface area contributed by atoms with E-state index in [2.05, 4.69) is 5.32 Å². The van der Waals surface area contributed by atoms with Crippen LogP contribution < -0.4 is 11.1 Å². The van der Waals surface area contributed by atoms with Gasteiger partial charge in [0.1, 0.15) is 5.54 Å². The number of carboxylic acids is 1. The predicted molar refractivity (Wildman–Crippen MR) is 67.0 cm³/mol. The quantitative estimate of drug-likeness (QED) is 0.537. The number of anilines is 1. The number of nitrogens with two attached hydrogens (primary N) is 1. The molecule has 0 bridgehead atoms. The first kappa shape index (κ1) is 14.4. The van der Waals surface area contributed by atoms with Crippen LogP contribution in [-0.2, 0) is 4.79 Å². The molecule has 102 valence electrons. The van der Waals surface area contributed by atoms with Gasteiger partial charge in [0.25, 0.3) is 11.6 Å². The van der Waals surface area contributed by atoms with Gasteiger partial charge < -0.3 is 16.2 Å². The molecule has 0 aliphatic rings. The maximum atomic E-state index is 11.3. The highest BCUT2D eigenvalue weighted by molar-refractivity contribution is 6.00. The van der Waals surface area contributed by atoms with Crippen LogP contribution in [0.5, 0.6) is 0 Å². The molecule has 19 heavy (non-hydrogen) atoms. The molecule has 4 N–H and O–H groups in total. The molecule has 1 amide bonds. The summed E-state index contributed by atoms with van der Waals surface area (Å²) in [4.78, 5) is 32.2. The SMILES string of the molecule is CC(C)(Nc1ccc([N+](=O)[O-])cc1C(N)=O)C(=O)O. The summed E-state index contributed by atoms with van der Waals surface area (Å²) in [6.45, 7) is 2.78. The third kappa shape index (κ3) is 3.18. The summed E-state index contributed by atoms with van der Waals surface area (Å²) in [5.41, 5.74) is 3.48. The number of nitrogens with one attached hydrogen (secondary N) is 1. The topological polar surface area (TPSA) is 136 Å². The van der Waals surface area contributed by atoms with Gasteiger partial charge in [-0.25, -0.2) is 4.79 Å². The average molecular weight is 267 g/mol. The first-order valence-corrected chi connectivity index (χ1v) is 5.25. The number of nitrogens with zero attached hydrogens (tertiary/aromatic N) is 1. The lowest BCUT2D eigenvalue weighted by molar-refractivity contribution is -0.384. The predicted octanol–water partition coefficient (Wildman–Crippen LogP) is 0.969. The second kappa shape index (κ2) is 4.92. The highest BCUT2D eigenvalue weighted by Crippen LogP contribution is 2.24. The number of carbonyl (C=O) groups excluding carboxylic acids is 1. The molecule has 0 atom stereocenters. The molecule has 1 aromatic carbocycles. The molecule has 0 heterocycles. The summed E-state index contributed by atoms with van der Waals surface area (Å²) in [7, 11) is 0. The van der Waals surface area contributed by atoms with Gasteiger partial charge in [0.15, 0.2) is 0 Å². The Morgan fingerprint density at radius 2 is 2.00 bits per heavy atom. The molecule has 8 nitrogen and oxygen atoms in total. The number of carboxylic acid groups (broad SMARTS) is 1. The summed E-state index contributed by atoms with van der Waals surface area (Å²) in [6, 6.07) is 3.41. The largest absolute Gasteiger partial charge is 0.480 e. The number of rotatable bonds is 5. The first-order chi connectivity index (χ1) is 8.65. The minimum atomic E-state index is -1.35. The van der Waals surface area contributed by atoms with Gasteiger partial charge >= 0.3 is 5.97 Å². The first-order valence-electron chi connectivity index (χ1n) is 5.25. The molecule has 8 heteroatoms. The van der Waals surface area contributed by atoms with E-state index in [1.165, 1.54) is 19.9 Å². The number of nitro groups is 1. The van der Waals surface area contributed by atoms with Crippen molar-refractivity contribution in [1.29, 1.82) is 0 Å². The molecule has 0 saturated carbocycles. The van der Waals surface area contributed by atoms with Crippen molar-refractivity contribution in [2.75, 3.05) is 5.32 Å². The molecule has 0 aromatic heterocycles. The van der Waals surface area contributed by atoms with Crippen LogP contribution in [-0.4, -0.2) is 27.4 Å². The lowest BCUT2D eigenvalue weighted by atomic mass is 10.0. The van der Waals surface area contributed by atoms with Gasteiger partial charge in [0, 0.05) is 17.8 Å². The zero-order chi connectivity index (χ0) is 14.8. The lowest BCUT2D eigenvalue weighted by Crippen LogP contribution is -2.40. The van der Waals surface area contributed by atoms with Crippen molar-refractivity contribution in [1.82, 2.24) is 0 Å². The molecular formula is C11H13N3O5. The van der Waals surface area contributed by atoms with E-state index in [9.17, 15) is 19.7 Å². The van der Waals surface area contributed by atoms with Crippen molar-refractivity contribution >= 4 is 23.3 Å². The number of carbonyl (C=O) groups is 2. The van der Waals surface area contributed by atoms with E-state index >= 15 is 0 Å². The van der Waals surface area contributed by atoms with Crippen LogP contribution in [0.4, 0.5) is 11.4 Å². The summed E-state index contributed by atoms with van der Waals surface area (Å²) in [5, 5.41) is 22.2. The van der Waals surface area contributed by atoms with Gasteiger partial charge in [0.05, 0.1) is 10.5 Å². The Hall–Kier alpha value is -2.64. The van der Waals surface area contributed by atoms with Crippen LogP contribution in [0.1, 0.15) is 24.2 Å². The number of aliphatic carboxylic acids is 1. The molecule has 0 saturated heterocycles. The normalized spacial score (nSPS) is 10.8. The van der Waals surface area contributed by atoms with Crippen molar-refractivity contribution in [3.05, 3.63) is 33.9 Å². The number of benzene rings is 1. The Bertz CT molecular complexity index is 553. The Morgan fingerprint density at radius 1 is 1.42 bits per heavy atom. The second-order valence-corrected chi connectivity index (χ2v) is 4.41. The van der Waals surface area contributed by atoms with Crippen LogP contribution in [0.2, 0.25) is 0 Å². The molecule has 0 fully saturated rings. The third-order valence-corrected chi connectivity index (χ3v) is 2.46. The van der Waals surface area contributed by atoms with Gasteiger partial charge in [-0.2, -0.15) is 0 Å². The summed E-state index contributed by atoms with van der Waals surface area (Å²) in [5.74, 6) is -2.02. The molecule has 1 aromatic rings. The number of amides is 1. The van der Waals surface area contributed by atoms with Gasteiger partial charge in [-0.3, -0.25) is 14.9 Å². The van der Waals surface area contributed by atoms with Crippen LogP contribution in [0.25, 0.3) is 0 Å². The van der Waals surface area contributed by atoms with Crippen molar-refractivity contribution in [3.63, 3.8) is 0 Å². The van der Waals surface area contributed by atoms with Crippen LogP contribution in [0, 0.1) is 10.1 Å². The van der Waals surface area contributed by atoms with Crippen molar-refractivity contribution in [2.24, 2.45) is 5.73 Å². The number of nitro benzene ring substituents is 1. The van der Waals surface area contributed by atoms with Crippen LogP contribution in [0.15, 0.2) is 18.2 Å². The highest BCUT2D eigenvalue weighted by atomic mass is 16.6. The molecule has 1 rings (SSSR count). The molecule has 0 spiro atoms. The Balaban J connectivity index is 3.25. The summed E-state index contributed by atoms with van der Waals surface area (Å²) < 4.78 is 0. The average Bonchev–Trinajstić information content (AvgIpc) is 2.28. The smallest absolute Gasteiger partial charge is 0.328 e. The minimum absolute atomic E-state index is 0.130. The van der Waals surface area contributed by atoms with Crippen molar-refractivity contribution in [3.8, 4) is 0 Å². The van der Waals surface area contributed by atoms with E-state index in [4.69, 9.17) is 10.8 Å². The molecule has 0 radical (unpaired) electrons. The van der Waals surface area contributed by atoms with Gasteiger partial charge in [-0.05, 0) is 19.9 Å². The fourth-order valence-corrected chi connectivity index (χ4v) is 1.35. The number of hydrogen-bond donors (Lipinski definition) is 3. The van der Waals surface area contributed by atoms with E-state index in [-0.39, 0.29) is 16.9 Å². The van der Waals surface area contributed by atoms with E-state index < -0.39 is 22.3 Å². The van der Waals surface area contributed by atoms with Gasteiger partial charge in [0.2, 0.25) is 0 Å². The Morgan fingerprint density at radius 3 is 2.42 bits per heavy atom. The zero-order valence-electron chi connectivity index (χ0n) is 10.3. The maximum Gasteiger partial charge on any atom is 0.328 e. The number of hydrogen-bond acceptors (Lipinski definition) is 5. The van der Waals surface area contributed by atoms with Crippen LogP contribution >= 0.6 is 0 Å². The van der Waals surface area contributed by atoms with E-state index in [1.807, 2.05) is 0 Å². The Kier molecular flexibility index (Phi) is 3.74. The molecular weight excluding hydrogens is 254 g/mol. The fraction of sp³-hybridized carbons (Fsp3) is 0.273. The summed E-state index contributed by atoms with van der Waals surface area (Å²) >= 11 is 0. The van der Waals surface area contributed by atoms with Crippen molar-refractivity contribution < 1.29 is 19.6 Å². The number of primary amides is 1. The standard InChI is InChI=1S/C11H13N3O5/c1-11(2,10(16)17)13-8-4-3-6(14(18)19)5-7(8)9(12)15/h3-5,13H,1-2H3,(H2,12,15)(H,16,17). The van der Waals surface area contributed by atoms with Gasteiger partial charge in [-0.15, -0.1) is 0 Å².